The highest BCUT2D eigenvalue weighted by molar-refractivity contribution is 7.99. The van der Waals surface area contributed by atoms with E-state index in [4.69, 9.17) is 5.73 Å². The fourth-order valence-electron chi connectivity index (χ4n) is 2.19. The highest BCUT2D eigenvalue weighted by Gasteiger charge is 2.12. The molecule has 0 spiro atoms. The molecule has 1 aromatic rings. The van der Waals surface area contributed by atoms with E-state index < -0.39 is 0 Å². The second kappa shape index (κ2) is 6.82. The number of hydrogen-bond donors (Lipinski definition) is 2. The van der Waals surface area contributed by atoms with E-state index in [1.165, 1.54) is 11.5 Å². The van der Waals surface area contributed by atoms with Crippen LogP contribution in [-0.4, -0.2) is 48.5 Å². The molecule has 0 bridgehead atoms. The van der Waals surface area contributed by atoms with Gasteiger partial charge in [0, 0.05) is 48.9 Å². The number of nitrogens with zero attached hydrogens (tertiary/aromatic N) is 1. The Morgan fingerprint density at radius 2 is 2.16 bits per heavy atom. The average Bonchev–Trinajstić information content (AvgIpc) is 2.39. The Hall–Kier alpha value is -1.20. The number of carbonyl (C=O) groups is 1. The van der Waals surface area contributed by atoms with Crippen LogP contribution in [0.25, 0.3) is 0 Å². The molecule has 1 heterocycles. The highest BCUT2D eigenvalue weighted by Crippen LogP contribution is 2.12. The van der Waals surface area contributed by atoms with Gasteiger partial charge in [0.1, 0.15) is 0 Å². The zero-order chi connectivity index (χ0) is 13.7. The van der Waals surface area contributed by atoms with Gasteiger partial charge in [-0.25, -0.2) is 0 Å². The van der Waals surface area contributed by atoms with E-state index in [2.05, 4.69) is 10.2 Å². The SMILES string of the molecule is Cc1cc(N)ccc1C(=O)NCCN1CCSCC1. The fraction of sp³-hybridized carbons (Fsp3) is 0.500. The number of hydrogen-bond acceptors (Lipinski definition) is 4. The summed E-state index contributed by atoms with van der Waals surface area (Å²) in [5.74, 6) is 2.39. The van der Waals surface area contributed by atoms with Crippen molar-refractivity contribution in [3.8, 4) is 0 Å². The molecule has 1 amide bonds. The number of nitrogen functional groups attached to an aromatic ring is 1. The molecule has 1 saturated heterocycles. The first kappa shape index (κ1) is 14.2. The van der Waals surface area contributed by atoms with Gasteiger partial charge < -0.3 is 11.1 Å². The quantitative estimate of drug-likeness (QED) is 0.817. The number of rotatable bonds is 4. The van der Waals surface area contributed by atoms with Crippen molar-refractivity contribution in [1.29, 1.82) is 0 Å². The van der Waals surface area contributed by atoms with Crippen LogP contribution in [0.3, 0.4) is 0 Å². The summed E-state index contributed by atoms with van der Waals surface area (Å²) in [5, 5.41) is 2.98. The van der Waals surface area contributed by atoms with Gasteiger partial charge in [-0.05, 0) is 30.7 Å². The maximum absolute atomic E-state index is 12.0. The monoisotopic (exact) mass is 279 g/mol. The number of benzene rings is 1. The van der Waals surface area contributed by atoms with Crippen LogP contribution in [0.1, 0.15) is 15.9 Å². The Morgan fingerprint density at radius 3 is 2.84 bits per heavy atom. The number of amides is 1. The molecule has 104 valence electrons. The van der Waals surface area contributed by atoms with Crippen LogP contribution in [0.5, 0.6) is 0 Å². The predicted octanol–water partition coefficient (Wildman–Crippen LogP) is 1.36. The summed E-state index contributed by atoms with van der Waals surface area (Å²) in [6.07, 6.45) is 0. The van der Waals surface area contributed by atoms with E-state index in [1.54, 1.807) is 12.1 Å². The van der Waals surface area contributed by atoms with E-state index in [0.29, 0.717) is 17.8 Å². The van der Waals surface area contributed by atoms with Crippen molar-refractivity contribution in [3.05, 3.63) is 29.3 Å². The predicted molar refractivity (Wildman–Crippen MR) is 81.7 cm³/mol. The number of anilines is 1. The van der Waals surface area contributed by atoms with Crippen molar-refractivity contribution < 1.29 is 4.79 Å². The summed E-state index contributed by atoms with van der Waals surface area (Å²) in [6.45, 7) is 5.80. The lowest BCUT2D eigenvalue weighted by Gasteiger charge is -2.26. The molecule has 0 aliphatic carbocycles. The lowest BCUT2D eigenvalue weighted by atomic mass is 10.1. The molecule has 5 heteroatoms. The minimum Gasteiger partial charge on any atom is -0.399 e. The molecule has 4 nitrogen and oxygen atoms in total. The van der Waals surface area contributed by atoms with Gasteiger partial charge in [0.05, 0.1) is 0 Å². The molecule has 0 radical (unpaired) electrons. The van der Waals surface area contributed by atoms with E-state index >= 15 is 0 Å². The third-order valence-electron chi connectivity index (χ3n) is 3.31. The van der Waals surface area contributed by atoms with Crippen molar-refractivity contribution >= 4 is 23.4 Å². The molecule has 0 saturated carbocycles. The molecule has 1 aliphatic heterocycles. The normalized spacial score (nSPS) is 16.3. The third-order valence-corrected chi connectivity index (χ3v) is 4.25. The molecular formula is C14H21N3OS. The molecule has 2 rings (SSSR count). The molecule has 0 unspecified atom stereocenters. The van der Waals surface area contributed by atoms with Gasteiger partial charge in [0.15, 0.2) is 0 Å². The average molecular weight is 279 g/mol. The van der Waals surface area contributed by atoms with Gasteiger partial charge in [0.2, 0.25) is 0 Å². The Kier molecular flexibility index (Phi) is 5.10. The first-order chi connectivity index (χ1) is 9.16. The first-order valence-electron chi connectivity index (χ1n) is 6.61. The summed E-state index contributed by atoms with van der Waals surface area (Å²) >= 11 is 2.00. The van der Waals surface area contributed by atoms with Crippen molar-refractivity contribution in [2.24, 2.45) is 0 Å². The van der Waals surface area contributed by atoms with Crippen LogP contribution in [0.2, 0.25) is 0 Å². The van der Waals surface area contributed by atoms with E-state index in [1.807, 2.05) is 24.8 Å². The Labute approximate surface area is 118 Å². The molecule has 3 N–H and O–H groups in total. The van der Waals surface area contributed by atoms with Crippen molar-refractivity contribution in [1.82, 2.24) is 10.2 Å². The van der Waals surface area contributed by atoms with Gasteiger partial charge in [-0.3, -0.25) is 9.69 Å². The standard InChI is InChI=1S/C14H21N3OS/c1-11-10-12(15)2-3-13(11)14(18)16-4-5-17-6-8-19-9-7-17/h2-3,10H,4-9,15H2,1H3,(H,16,18). The number of nitrogens with two attached hydrogens (primary N) is 1. The van der Waals surface area contributed by atoms with Crippen molar-refractivity contribution in [3.63, 3.8) is 0 Å². The van der Waals surface area contributed by atoms with Gasteiger partial charge in [-0.15, -0.1) is 0 Å². The molecule has 19 heavy (non-hydrogen) atoms. The van der Waals surface area contributed by atoms with Gasteiger partial charge >= 0.3 is 0 Å². The van der Waals surface area contributed by atoms with Crippen LogP contribution in [0.4, 0.5) is 5.69 Å². The zero-order valence-corrected chi connectivity index (χ0v) is 12.1. The van der Waals surface area contributed by atoms with Crippen molar-refractivity contribution in [2.75, 3.05) is 43.4 Å². The maximum Gasteiger partial charge on any atom is 0.251 e. The highest BCUT2D eigenvalue weighted by atomic mass is 32.2. The largest absolute Gasteiger partial charge is 0.399 e. The van der Waals surface area contributed by atoms with Crippen LogP contribution in [-0.2, 0) is 0 Å². The first-order valence-corrected chi connectivity index (χ1v) is 7.77. The van der Waals surface area contributed by atoms with Crippen LogP contribution in [0.15, 0.2) is 18.2 Å². The van der Waals surface area contributed by atoms with Gasteiger partial charge in [-0.1, -0.05) is 0 Å². The topological polar surface area (TPSA) is 58.4 Å². The molecule has 1 fully saturated rings. The van der Waals surface area contributed by atoms with Crippen LogP contribution in [0, 0.1) is 6.92 Å². The summed E-state index contributed by atoms with van der Waals surface area (Å²) in [4.78, 5) is 14.4. The van der Waals surface area contributed by atoms with E-state index in [9.17, 15) is 4.79 Å². The summed E-state index contributed by atoms with van der Waals surface area (Å²) in [5.41, 5.74) is 8.01. The molecule has 1 aliphatic rings. The Balaban J connectivity index is 1.80. The lowest BCUT2D eigenvalue weighted by molar-refractivity contribution is 0.0948. The van der Waals surface area contributed by atoms with Crippen molar-refractivity contribution in [2.45, 2.75) is 6.92 Å². The second-order valence-electron chi connectivity index (χ2n) is 4.78. The Bertz CT molecular complexity index is 444. The number of nitrogens with one attached hydrogen (secondary N) is 1. The number of carbonyl (C=O) groups excluding carboxylic acids is 1. The molecule has 0 atom stereocenters. The smallest absolute Gasteiger partial charge is 0.251 e. The van der Waals surface area contributed by atoms with E-state index in [-0.39, 0.29) is 5.91 Å². The van der Waals surface area contributed by atoms with Crippen LogP contribution >= 0.6 is 11.8 Å². The summed E-state index contributed by atoms with van der Waals surface area (Å²) in [7, 11) is 0. The van der Waals surface area contributed by atoms with Crippen LogP contribution < -0.4 is 11.1 Å². The maximum atomic E-state index is 12.0. The summed E-state index contributed by atoms with van der Waals surface area (Å²) < 4.78 is 0. The van der Waals surface area contributed by atoms with E-state index in [0.717, 1.165) is 25.2 Å². The minimum absolute atomic E-state index is 0.0103. The second-order valence-corrected chi connectivity index (χ2v) is 6.01. The molecular weight excluding hydrogens is 258 g/mol. The third kappa shape index (κ3) is 4.14. The Morgan fingerprint density at radius 1 is 1.42 bits per heavy atom. The van der Waals surface area contributed by atoms with Gasteiger partial charge in [0.25, 0.3) is 5.91 Å². The zero-order valence-electron chi connectivity index (χ0n) is 11.3. The molecule has 1 aromatic carbocycles. The number of thioether (sulfide) groups is 1. The number of aryl methyl sites for hydroxylation is 1. The molecule has 0 aromatic heterocycles. The minimum atomic E-state index is -0.0103. The van der Waals surface area contributed by atoms with Gasteiger partial charge in [-0.2, -0.15) is 11.8 Å². The fourth-order valence-corrected chi connectivity index (χ4v) is 3.17. The lowest BCUT2D eigenvalue weighted by Crippen LogP contribution is -2.39. The summed E-state index contributed by atoms with van der Waals surface area (Å²) in [6, 6.07) is 5.39.